The Hall–Kier alpha value is -4.49. The number of hydrogen-bond donors (Lipinski definition) is 0. The minimum absolute atomic E-state index is 0.00259. The van der Waals surface area contributed by atoms with Gasteiger partial charge in [-0.15, -0.1) is 10.2 Å². The molecule has 0 aliphatic carbocycles. The number of likely N-dealkylation sites (tertiary alicyclic amines) is 1. The molecule has 0 radical (unpaired) electrons. The summed E-state index contributed by atoms with van der Waals surface area (Å²) in [5.74, 6) is -2.04. The van der Waals surface area contributed by atoms with E-state index in [0.29, 0.717) is 43.6 Å². The molecule has 0 bridgehead atoms. The molecule has 1 fully saturated rings. The number of hydrogen-bond acceptors (Lipinski definition) is 8. The van der Waals surface area contributed by atoms with E-state index in [0.717, 1.165) is 6.07 Å². The second-order valence-corrected chi connectivity index (χ2v) is 11.3. The van der Waals surface area contributed by atoms with Gasteiger partial charge in [-0.25, -0.2) is 9.18 Å². The number of nitrogens with zero attached hydrogens (tertiary/aromatic N) is 6. The van der Waals surface area contributed by atoms with Crippen LogP contribution in [-0.4, -0.2) is 75.7 Å². The molecule has 0 N–H and O–H groups in total. The van der Waals surface area contributed by atoms with Crippen molar-refractivity contribution in [3.8, 4) is 11.5 Å². The number of ether oxygens (including phenoxy) is 1. The first kappa shape index (κ1) is 31.4. The van der Waals surface area contributed by atoms with Gasteiger partial charge in [0.2, 0.25) is 12.3 Å². The monoisotopic (exact) mass is 602 g/mol. The maximum Gasteiger partial charge on any atom is 0.410 e. The van der Waals surface area contributed by atoms with Crippen LogP contribution < -0.4 is 4.90 Å². The Morgan fingerprint density at radius 1 is 1.16 bits per heavy atom. The Balaban J connectivity index is 1.42. The predicted octanol–water partition coefficient (Wildman–Crippen LogP) is 5.09. The number of pyridine rings is 1. The standard InChI is InChI=1S/C29H33F3N6O5/c1-29(2,3)43-28(41)37-11-9-18(10-12-37)15-38(17-39)23-8-6-20(30)13-22(23)27(40)36(4)16-21-7-5-19(14-33-21)25-34-35-26(42-25)24(31)32/h5-8,13-14,17-18,24H,9-12,15-16H2,1-4H3. The smallest absolute Gasteiger partial charge is 0.410 e. The van der Waals surface area contributed by atoms with E-state index in [1.54, 1.807) is 37.8 Å². The third-order valence-corrected chi connectivity index (χ3v) is 6.79. The summed E-state index contributed by atoms with van der Waals surface area (Å²) in [7, 11) is 1.51. The first-order valence-electron chi connectivity index (χ1n) is 13.7. The Bertz CT molecular complexity index is 1440. The van der Waals surface area contributed by atoms with Crippen molar-refractivity contribution >= 4 is 24.1 Å². The van der Waals surface area contributed by atoms with E-state index >= 15 is 0 Å². The minimum Gasteiger partial charge on any atom is -0.444 e. The van der Waals surface area contributed by atoms with Gasteiger partial charge in [0.25, 0.3) is 11.8 Å². The number of carbonyl (C=O) groups is 3. The van der Waals surface area contributed by atoms with E-state index in [1.807, 2.05) is 0 Å². The van der Waals surface area contributed by atoms with Gasteiger partial charge in [0, 0.05) is 32.9 Å². The summed E-state index contributed by atoms with van der Waals surface area (Å²) in [4.78, 5) is 46.6. The van der Waals surface area contributed by atoms with Crippen LogP contribution in [0.1, 0.15) is 62.0 Å². The Labute approximate surface area is 246 Å². The Morgan fingerprint density at radius 3 is 2.47 bits per heavy atom. The Morgan fingerprint density at radius 2 is 1.88 bits per heavy atom. The first-order chi connectivity index (χ1) is 20.3. The van der Waals surface area contributed by atoms with Gasteiger partial charge in [0.1, 0.15) is 11.4 Å². The zero-order valence-corrected chi connectivity index (χ0v) is 24.3. The number of amides is 3. The third kappa shape index (κ3) is 8.08. The number of halogens is 3. The molecule has 0 unspecified atom stereocenters. The molecule has 1 aliphatic heterocycles. The summed E-state index contributed by atoms with van der Waals surface area (Å²) in [6.45, 7) is 6.66. The van der Waals surface area contributed by atoms with Gasteiger partial charge in [-0.05, 0) is 69.9 Å². The molecule has 1 aromatic carbocycles. The molecule has 230 valence electrons. The highest BCUT2D eigenvalue weighted by Gasteiger charge is 2.29. The second kappa shape index (κ2) is 13.2. The highest BCUT2D eigenvalue weighted by molar-refractivity contribution is 6.01. The predicted molar refractivity (Wildman–Crippen MR) is 149 cm³/mol. The van der Waals surface area contributed by atoms with Crippen LogP contribution in [0.3, 0.4) is 0 Å². The largest absolute Gasteiger partial charge is 0.444 e. The molecule has 3 heterocycles. The average molecular weight is 603 g/mol. The lowest BCUT2D eigenvalue weighted by Crippen LogP contribution is -2.43. The van der Waals surface area contributed by atoms with Gasteiger partial charge in [0.15, 0.2) is 0 Å². The van der Waals surface area contributed by atoms with Crippen LogP contribution >= 0.6 is 0 Å². The van der Waals surface area contributed by atoms with Crippen molar-refractivity contribution in [2.75, 3.05) is 31.6 Å². The molecule has 11 nitrogen and oxygen atoms in total. The van der Waals surface area contributed by atoms with Crippen molar-refractivity contribution in [1.29, 1.82) is 0 Å². The molecule has 3 aromatic rings. The highest BCUT2D eigenvalue weighted by Crippen LogP contribution is 2.28. The van der Waals surface area contributed by atoms with Gasteiger partial charge in [-0.1, -0.05) is 0 Å². The van der Waals surface area contributed by atoms with Gasteiger partial charge in [-0.3, -0.25) is 14.6 Å². The fourth-order valence-electron chi connectivity index (χ4n) is 4.64. The SMILES string of the molecule is CN(Cc1ccc(-c2nnc(C(F)F)o2)cn1)C(=O)c1cc(F)ccc1N(C=O)CC1CCN(C(=O)OC(C)(C)C)CC1. The number of piperidine rings is 1. The minimum atomic E-state index is -2.90. The lowest BCUT2D eigenvalue weighted by atomic mass is 9.96. The van der Waals surface area contributed by atoms with E-state index < -0.39 is 29.6 Å². The lowest BCUT2D eigenvalue weighted by molar-refractivity contribution is -0.107. The molecule has 3 amide bonds. The van der Waals surface area contributed by atoms with Crippen molar-refractivity contribution in [2.24, 2.45) is 5.92 Å². The molecule has 4 rings (SSSR count). The lowest BCUT2D eigenvalue weighted by Gasteiger charge is -2.35. The van der Waals surface area contributed by atoms with Crippen LogP contribution in [0.4, 0.5) is 23.7 Å². The van der Waals surface area contributed by atoms with Crippen molar-refractivity contribution in [1.82, 2.24) is 25.0 Å². The molecule has 0 spiro atoms. The highest BCUT2D eigenvalue weighted by atomic mass is 19.3. The van der Waals surface area contributed by atoms with Crippen LogP contribution in [0.25, 0.3) is 11.5 Å². The van der Waals surface area contributed by atoms with Crippen LogP contribution in [-0.2, 0) is 16.1 Å². The molecule has 0 atom stereocenters. The van der Waals surface area contributed by atoms with E-state index in [1.165, 1.54) is 35.2 Å². The third-order valence-electron chi connectivity index (χ3n) is 6.79. The van der Waals surface area contributed by atoms with Gasteiger partial charge >= 0.3 is 12.5 Å². The maximum absolute atomic E-state index is 14.3. The van der Waals surface area contributed by atoms with E-state index in [9.17, 15) is 27.6 Å². The normalized spacial score (nSPS) is 14.1. The fourth-order valence-corrected chi connectivity index (χ4v) is 4.64. The molecule has 14 heteroatoms. The number of carbonyl (C=O) groups excluding carboxylic acids is 3. The van der Waals surface area contributed by atoms with Gasteiger partial charge in [-0.2, -0.15) is 8.78 Å². The van der Waals surface area contributed by atoms with Crippen LogP contribution in [0.5, 0.6) is 0 Å². The van der Waals surface area contributed by atoms with Crippen molar-refractivity contribution in [3.05, 3.63) is 59.5 Å². The maximum atomic E-state index is 14.3. The number of anilines is 1. The van der Waals surface area contributed by atoms with E-state index in [4.69, 9.17) is 9.15 Å². The quantitative estimate of drug-likeness (QED) is 0.311. The molecular formula is C29H33F3N6O5. The van der Waals surface area contributed by atoms with Crippen molar-refractivity contribution in [2.45, 2.75) is 52.2 Å². The summed E-state index contributed by atoms with van der Waals surface area (Å²) >= 11 is 0. The first-order valence-corrected chi connectivity index (χ1v) is 13.7. The van der Waals surface area contributed by atoms with Gasteiger partial charge < -0.3 is 23.9 Å². The van der Waals surface area contributed by atoms with Gasteiger partial charge in [0.05, 0.1) is 29.1 Å². The summed E-state index contributed by atoms with van der Waals surface area (Å²) in [6.07, 6.45) is -0.0560. The zero-order chi connectivity index (χ0) is 31.3. The van der Waals surface area contributed by atoms with Crippen LogP contribution in [0.15, 0.2) is 40.9 Å². The molecule has 1 aliphatic rings. The summed E-state index contributed by atoms with van der Waals surface area (Å²) in [6, 6.07) is 6.78. The number of alkyl halides is 2. The summed E-state index contributed by atoms with van der Waals surface area (Å²) in [5, 5.41) is 6.87. The average Bonchev–Trinajstić information content (AvgIpc) is 3.46. The molecule has 2 aromatic heterocycles. The Kier molecular flexibility index (Phi) is 9.66. The zero-order valence-electron chi connectivity index (χ0n) is 24.3. The number of aromatic nitrogens is 3. The fraction of sp³-hybridized carbons (Fsp3) is 0.448. The second-order valence-electron chi connectivity index (χ2n) is 11.3. The van der Waals surface area contributed by atoms with E-state index in [-0.39, 0.29) is 42.2 Å². The topological polar surface area (TPSA) is 122 Å². The molecule has 43 heavy (non-hydrogen) atoms. The van der Waals surface area contributed by atoms with Crippen LogP contribution in [0, 0.1) is 11.7 Å². The van der Waals surface area contributed by atoms with Crippen molar-refractivity contribution in [3.63, 3.8) is 0 Å². The summed E-state index contributed by atoms with van der Waals surface area (Å²) < 4.78 is 50.1. The van der Waals surface area contributed by atoms with Crippen molar-refractivity contribution < 1.29 is 36.7 Å². The summed E-state index contributed by atoms with van der Waals surface area (Å²) in [5.41, 5.74) is 0.441. The van der Waals surface area contributed by atoms with Crippen LogP contribution in [0.2, 0.25) is 0 Å². The number of rotatable bonds is 9. The van der Waals surface area contributed by atoms with E-state index in [2.05, 4.69) is 15.2 Å². The molecular weight excluding hydrogens is 569 g/mol. The molecule has 0 saturated carbocycles. The number of benzene rings is 1. The molecule has 1 saturated heterocycles.